The molecule has 112 valence electrons. The molecule has 0 fully saturated rings. The van der Waals surface area contributed by atoms with Gasteiger partial charge in [-0.2, -0.15) is 0 Å². The fourth-order valence-corrected chi connectivity index (χ4v) is 3.03. The summed E-state index contributed by atoms with van der Waals surface area (Å²) in [5.74, 6) is -0.246. The molecule has 0 aliphatic heterocycles. The van der Waals surface area contributed by atoms with Crippen molar-refractivity contribution in [3.05, 3.63) is 23.8 Å². The first-order valence-electron chi connectivity index (χ1n) is 6.80. The van der Waals surface area contributed by atoms with Gasteiger partial charge in [-0.1, -0.05) is 6.07 Å². The lowest BCUT2D eigenvalue weighted by molar-refractivity contribution is -0.643. The summed E-state index contributed by atoms with van der Waals surface area (Å²) in [4.78, 5) is 18.1. The van der Waals surface area contributed by atoms with Gasteiger partial charge in [0.15, 0.2) is 6.54 Å². The molecule has 1 aromatic carbocycles. The van der Waals surface area contributed by atoms with Crippen molar-refractivity contribution in [1.82, 2.24) is 4.90 Å². The van der Waals surface area contributed by atoms with Gasteiger partial charge in [-0.15, -0.1) is 0 Å². The van der Waals surface area contributed by atoms with Crippen LogP contribution in [0.25, 0.3) is 10.2 Å². The van der Waals surface area contributed by atoms with Crippen LogP contribution in [0.5, 0.6) is 0 Å². The number of hydrogen-bond donors (Lipinski definition) is 0. The number of benzene rings is 1. The Bertz CT molecular complexity index is 677. The highest BCUT2D eigenvalue weighted by atomic mass is 32.1. The fraction of sp³-hybridized carbons (Fsp3) is 0.400. The quantitative estimate of drug-likeness (QED) is 0.368. The van der Waals surface area contributed by atoms with Crippen LogP contribution in [0.1, 0.15) is 12.5 Å². The normalized spacial score (nSPS) is 11.2. The van der Waals surface area contributed by atoms with E-state index in [1.807, 2.05) is 42.6 Å². The smallest absolute Gasteiger partial charge is 0.385 e. The molecule has 0 amide bonds. The Morgan fingerprint density at radius 2 is 2.24 bits per heavy atom. The van der Waals surface area contributed by atoms with Crippen LogP contribution >= 0.6 is 11.3 Å². The number of aliphatic imine (C=N–C) groups is 1. The zero-order chi connectivity index (χ0) is 15.4. The van der Waals surface area contributed by atoms with Crippen molar-refractivity contribution in [2.24, 2.45) is 4.99 Å². The van der Waals surface area contributed by atoms with Gasteiger partial charge in [0.1, 0.15) is 5.52 Å². The molecule has 0 saturated carbocycles. The summed E-state index contributed by atoms with van der Waals surface area (Å²) in [7, 11) is 3.83. The average Bonchev–Trinajstić information content (AvgIpc) is 2.74. The lowest BCUT2D eigenvalue weighted by Gasteiger charge is -2.01. The van der Waals surface area contributed by atoms with E-state index in [9.17, 15) is 4.79 Å². The SMILES string of the molecule is CCOC(=O)C[n+]1c(N=CN(C)C)sc2cc(C)ccc21. The van der Waals surface area contributed by atoms with E-state index in [-0.39, 0.29) is 12.5 Å². The highest BCUT2D eigenvalue weighted by Crippen LogP contribution is 2.27. The number of fused-ring (bicyclic) bond motifs is 1. The van der Waals surface area contributed by atoms with E-state index in [0.29, 0.717) is 6.61 Å². The molecule has 0 saturated heterocycles. The third-order valence-electron chi connectivity index (χ3n) is 2.83. The zero-order valence-electron chi connectivity index (χ0n) is 12.8. The number of rotatable bonds is 5. The van der Waals surface area contributed by atoms with Gasteiger partial charge in [-0.25, -0.2) is 9.36 Å². The molecule has 0 N–H and O–H groups in total. The molecule has 0 radical (unpaired) electrons. The predicted octanol–water partition coefficient (Wildman–Crippen LogP) is 2.28. The minimum absolute atomic E-state index is 0.178. The number of esters is 1. The predicted molar refractivity (Wildman–Crippen MR) is 85.2 cm³/mol. The van der Waals surface area contributed by atoms with Crippen LogP contribution in [0, 0.1) is 6.92 Å². The standard InChI is InChI=1S/C15H20N3O2S/c1-5-20-14(19)9-18-12-7-6-11(2)8-13(12)21-15(18)16-10-17(3)4/h6-8,10H,5,9H2,1-4H3/q+1. The zero-order valence-corrected chi connectivity index (χ0v) is 13.6. The van der Waals surface area contributed by atoms with Gasteiger partial charge in [-0.3, -0.25) is 0 Å². The van der Waals surface area contributed by atoms with Crippen LogP contribution in [0.3, 0.4) is 0 Å². The molecule has 0 spiro atoms. The Hall–Kier alpha value is -1.95. The summed E-state index contributed by atoms with van der Waals surface area (Å²) >= 11 is 1.57. The molecule has 0 atom stereocenters. The van der Waals surface area contributed by atoms with Crippen molar-refractivity contribution >= 4 is 39.0 Å². The van der Waals surface area contributed by atoms with Crippen LogP contribution in [0.4, 0.5) is 5.13 Å². The van der Waals surface area contributed by atoms with E-state index >= 15 is 0 Å². The van der Waals surface area contributed by atoms with Gasteiger partial charge in [0.05, 0.1) is 11.3 Å². The van der Waals surface area contributed by atoms with Gasteiger partial charge in [0.2, 0.25) is 6.34 Å². The summed E-state index contributed by atoms with van der Waals surface area (Å²) in [6.45, 7) is 4.42. The minimum Gasteiger partial charge on any atom is -0.463 e. The summed E-state index contributed by atoms with van der Waals surface area (Å²) in [6, 6.07) is 6.17. The topological polar surface area (TPSA) is 45.8 Å². The van der Waals surface area contributed by atoms with Crippen molar-refractivity contribution in [3.8, 4) is 0 Å². The van der Waals surface area contributed by atoms with E-state index in [1.54, 1.807) is 17.7 Å². The monoisotopic (exact) mass is 306 g/mol. The van der Waals surface area contributed by atoms with Crippen molar-refractivity contribution in [2.75, 3.05) is 20.7 Å². The van der Waals surface area contributed by atoms with Gasteiger partial charge < -0.3 is 9.64 Å². The maximum Gasteiger partial charge on any atom is 0.385 e. The highest BCUT2D eigenvalue weighted by Gasteiger charge is 2.21. The molecule has 21 heavy (non-hydrogen) atoms. The number of aryl methyl sites for hydroxylation is 1. The Morgan fingerprint density at radius 1 is 1.48 bits per heavy atom. The van der Waals surface area contributed by atoms with E-state index in [2.05, 4.69) is 18.0 Å². The fourth-order valence-electron chi connectivity index (χ4n) is 1.93. The highest BCUT2D eigenvalue weighted by molar-refractivity contribution is 7.21. The third kappa shape index (κ3) is 3.78. The number of nitrogens with zero attached hydrogens (tertiary/aromatic N) is 3. The van der Waals surface area contributed by atoms with Crippen LogP contribution in [0.15, 0.2) is 23.2 Å². The van der Waals surface area contributed by atoms with Crippen molar-refractivity contribution in [2.45, 2.75) is 20.4 Å². The number of carbonyl (C=O) groups is 1. The van der Waals surface area contributed by atoms with Crippen LogP contribution < -0.4 is 4.57 Å². The molecule has 1 aromatic heterocycles. The average molecular weight is 306 g/mol. The Balaban J connectivity index is 2.46. The van der Waals surface area contributed by atoms with Crippen LogP contribution in [-0.2, 0) is 16.1 Å². The molecule has 0 bridgehead atoms. The van der Waals surface area contributed by atoms with Crippen molar-refractivity contribution in [1.29, 1.82) is 0 Å². The van der Waals surface area contributed by atoms with Gasteiger partial charge >= 0.3 is 11.1 Å². The summed E-state index contributed by atoms with van der Waals surface area (Å²) in [5, 5.41) is 0.789. The maximum atomic E-state index is 11.8. The molecular weight excluding hydrogens is 286 g/mol. The Labute approximate surface area is 128 Å². The lowest BCUT2D eigenvalue weighted by atomic mass is 10.2. The number of hydrogen-bond acceptors (Lipinski definition) is 4. The van der Waals surface area contributed by atoms with Gasteiger partial charge in [0, 0.05) is 14.1 Å². The maximum absolute atomic E-state index is 11.8. The van der Waals surface area contributed by atoms with E-state index in [1.165, 1.54) is 5.56 Å². The van der Waals surface area contributed by atoms with Crippen LogP contribution in [-0.4, -0.2) is 37.9 Å². The first kappa shape index (κ1) is 15.4. The summed E-state index contributed by atoms with van der Waals surface area (Å²) in [5.41, 5.74) is 2.19. The largest absolute Gasteiger partial charge is 0.463 e. The molecule has 2 aromatic rings. The molecule has 2 rings (SSSR count). The van der Waals surface area contributed by atoms with Crippen LogP contribution in [0.2, 0.25) is 0 Å². The van der Waals surface area contributed by atoms with E-state index in [4.69, 9.17) is 4.74 Å². The lowest BCUT2D eigenvalue weighted by Crippen LogP contribution is -2.37. The molecular formula is C15H20N3O2S+. The third-order valence-corrected chi connectivity index (χ3v) is 3.89. The molecule has 0 unspecified atom stereocenters. The molecule has 0 aliphatic rings. The Kier molecular flexibility index (Phi) is 4.90. The molecule has 1 heterocycles. The molecule has 5 nitrogen and oxygen atoms in total. The number of ether oxygens (including phenoxy) is 1. The molecule has 0 aliphatic carbocycles. The summed E-state index contributed by atoms with van der Waals surface area (Å²) in [6.07, 6.45) is 1.74. The van der Waals surface area contributed by atoms with Gasteiger partial charge in [0.25, 0.3) is 0 Å². The first-order chi connectivity index (χ1) is 10.0. The first-order valence-corrected chi connectivity index (χ1v) is 7.62. The second-order valence-corrected chi connectivity index (χ2v) is 5.96. The van der Waals surface area contributed by atoms with E-state index in [0.717, 1.165) is 15.3 Å². The second-order valence-electron chi connectivity index (χ2n) is 4.96. The molecule has 6 heteroatoms. The van der Waals surface area contributed by atoms with Crippen molar-refractivity contribution < 1.29 is 14.1 Å². The number of thiazole rings is 1. The number of aromatic nitrogens is 1. The number of carbonyl (C=O) groups excluding carboxylic acids is 1. The Morgan fingerprint density at radius 3 is 2.90 bits per heavy atom. The van der Waals surface area contributed by atoms with Crippen molar-refractivity contribution in [3.63, 3.8) is 0 Å². The summed E-state index contributed by atoms with van der Waals surface area (Å²) < 4.78 is 8.07. The van der Waals surface area contributed by atoms with E-state index < -0.39 is 0 Å². The second kappa shape index (κ2) is 6.67. The van der Waals surface area contributed by atoms with Gasteiger partial charge in [-0.05, 0) is 47.9 Å². The minimum atomic E-state index is -0.246.